The number of nitrogens with zero attached hydrogens (tertiary/aromatic N) is 4. The summed E-state index contributed by atoms with van der Waals surface area (Å²) in [5.74, 6) is 0.772. The van der Waals surface area contributed by atoms with E-state index in [1.807, 2.05) is 42.3 Å². The Bertz CT molecular complexity index is 880. The summed E-state index contributed by atoms with van der Waals surface area (Å²) in [5, 5.41) is 9.00. The molecule has 3 aromatic rings. The van der Waals surface area contributed by atoms with Crippen LogP contribution >= 0.6 is 46.9 Å². The SMILES string of the molecule is CN=C(NCc1nc(-c2ccc(Cl)cc2)c(C)s1)N(C)Cc1ccon1.I. The van der Waals surface area contributed by atoms with Crippen molar-refractivity contribution in [1.29, 1.82) is 0 Å². The molecule has 0 saturated carbocycles. The molecule has 144 valence electrons. The molecule has 0 spiro atoms. The minimum atomic E-state index is 0. The fourth-order valence-electron chi connectivity index (χ4n) is 2.58. The molecule has 0 bridgehead atoms. The average Bonchev–Trinajstić information content (AvgIpc) is 3.26. The highest BCUT2D eigenvalue weighted by Gasteiger charge is 2.12. The maximum absolute atomic E-state index is 5.97. The van der Waals surface area contributed by atoms with Gasteiger partial charge in [0.25, 0.3) is 0 Å². The molecule has 27 heavy (non-hydrogen) atoms. The summed E-state index contributed by atoms with van der Waals surface area (Å²) in [6, 6.07) is 9.59. The zero-order chi connectivity index (χ0) is 18.5. The quantitative estimate of drug-likeness (QED) is 0.305. The smallest absolute Gasteiger partial charge is 0.194 e. The molecule has 0 atom stereocenters. The van der Waals surface area contributed by atoms with Crippen molar-refractivity contribution in [2.45, 2.75) is 20.0 Å². The van der Waals surface area contributed by atoms with Gasteiger partial charge in [-0.2, -0.15) is 0 Å². The number of aliphatic imine (C=N–C) groups is 1. The predicted molar refractivity (Wildman–Crippen MR) is 121 cm³/mol. The molecule has 0 saturated heterocycles. The van der Waals surface area contributed by atoms with Gasteiger partial charge in [-0.1, -0.05) is 28.9 Å². The summed E-state index contributed by atoms with van der Waals surface area (Å²) in [6.45, 7) is 3.30. The zero-order valence-electron chi connectivity index (χ0n) is 15.3. The van der Waals surface area contributed by atoms with E-state index in [1.165, 1.54) is 4.88 Å². The van der Waals surface area contributed by atoms with E-state index >= 15 is 0 Å². The molecular formula is C18H21ClIN5OS. The van der Waals surface area contributed by atoms with Gasteiger partial charge in [-0.3, -0.25) is 4.99 Å². The molecule has 0 aliphatic rings. The number of thiazole rings is 1. The van der Waals surface area contributed by atoms with Crippen LogP contribution in [-0.4, -0.2) is 35.1 Å². The number of hydrogen-bond acceptors (Lipinski definition) is 5. The first-order valence-corrected chi connectivity index (χ1v) is 9.29. The number of benzene rings is 1. The van der Waals surface area contributed by atoms with Gasteiger partial charge in [0.1, 0.15) is 17.0 Å². The van der Waals surface area contributed by atoms with Crippen LogP contribution in [0.3, 0.4) is 0 Å². The van der Waals surface area contributed by atoms with Crippen molar-refractivity contribution < 1.29 is 4.52 Å². The van der Waals surface area contributed by atoms with Gasteiger partial charge in [0.05, 0.1) is 18.8 Å². The van der Waals surface area contributed by atoms with E-state index in [-0.39, 0.29) is 24.0 Å². The minimum absolute atomic E-state index is 0. The van der Waals surface area contributed by atoms with Crippen LogP contribution in [0.5, 0.6) is 0 Å². The van der Waals surface area contributed by atoms with Crippen LogP contribution in [0, 0.1) is 6.92 Å². The third-order valence-corrected chi connectivity index (χ3v) is 5.04. The van der Waals surface area contributed by atoms with Gasteiger partial charge in [-0.05, 0) is 19.1 Å². The molecule has 6 nitrogen and oxygen atoms in total. The van der Waals surface area contributed by atoms with E-state index in [2.05, 4.69) is 22.4 Å². The first kappa shape index (κ1) is 21.6. The number of guanidine groups is 1. The first-order valence-electron chi connectivity index (χ1n) is 8.10. The van der Waals surface area contributed by atoms with Crippen molar-refractivity contribution >= 4 is 52.9 Å². The average molecular weight is 518 g/mol. The Hall–Kier alpha value is -1.65. The third kappa shape index (κ3) is 5.66. The normalized spacial score (nSPS) is 11.2. The van der Waals surface area contributed by atoms with E-state index in [0.717, 1.165) is 32.9 Å². The molecule has 0 aliphatic heterocycles. The lowest BCUT2D eigenvalue weighted by Gasteiger charge is -2.20. The standard InChI is InChI=1S/C18H20ClN5OS.HI/c1-12-17(13-4-6-14(19)7-5-13)22-16(26-12)10-21-18(20-2)24(3)11-15-8-9-25-23-15;/h4-9H,10-11H2,1-3H3,(H,20,21);1H. The molecule has 0 fully saturated rings. The Balaban J connectivity index is 0.00000261. The molecule has 1 aromatic carbocycles. The predicted octanol–water partition coefficient (Wildman–Crippen LogP) is 4.59. The largest absolute Gasteiger partial charge is 0.364 e. The Morgan fingerprint density at radius 3 is 2.67 bits per heavy atom. The summed E-state index contributed by atoms with van der Waals surface area (Å²) >= 11 is 7.64. The summed E-state index contributed by atoms with van der Waals surface area (Å²) in [5.41, 5.74) is 2.92. The molecular weight excluding hydrogens is 497 g/mol. The highest BCUT2D eigenvalue weighted by Crippen LogP contribution is 2.28. The molecule has 0 amide bonds. The van der Waals surface area contributed by atoms with Crippen LogP contribution in [0.2, 0.25) is 5.02 Å². The van der Waals surface area contributed by atoms with Crippen LogP contribution < -0.4 is 5.32 Å². The third-order valence-electron chi connectivity index (χ3n) is 3.82. The Kier molecular flexibility index (Phi) is 8.06. The second-order valence-electron chi connectivity index (χ2n) is 5.77. The van der Waals surface area contributed by atoms with E-state index in [4.69, 9.17) is 21.1 Å². The molecule has 3 rings (SSSR count). The maximum atomic E-state index is 5.97. The summed E-state index contributed by atoms with van der Waals surface area (Å²) < 4.78 is 4.87. The van der Waals surface area contributed by atoms with Crippen molar-refractivity contribution in [3.63, 3.8) is 0 Å². The van der Waals surface area contributed by atoms with Gasteiger partial charge in [-0.25, -0.2) is 4.98 Å². The fraction of sp³-hybridized carbons (Fsp3) is 0.278. The number of hydrogen-bond donors (Lipinski definition) is 1. The summed E-state index contributed by atoms with van der Waals surface area (Å²) in [7, 11) is 3.71. The van der Waals surface area contributed by atoms with Gasteiger partial charge in [-0.15, -0.1) is 35.3 Å². The minimum Gasteiger partial charge on any atom is -0.364 e. The highest BCUT2D eigenvalue weighted by atomic mass is 127. The van der Waals surface area contributed by atoms with Gasteiger partial charge < -0.3 is 14.7 Å². The van der Waals surface area contributed by atoms with Crippen molar-refractivity contribution in [2.75, 3.05) is 14.1 Å². The van der Waals surface area contributed by atoms with Gasteiger partial charge in [0.2, 0.25) is 0 Å². The topological polar surface area (TPSA) is 66.6 Å². The fourth-order valence-corrected chi connectivity index (χ4v) is 3.60. The lowest BCUT2D eigenvalue weighted by Crippen LogP contribution is -2.38. The highest BCUT2D eigenvalue weighted by molar-refractivity contribution is 14.0. The van der Waals surface area contributed by atoms with Gasteiger partial charge in [0.15, 0.2) is 5.96 Å². The zero-order valence-corrected chi connectivity index (χ0v) is 19.2. The first-order chi connectivity index (χ1) is 12.6. The number of aryl methyl sites for hydroxylation is 1. The molecule has 9 heteroatoms. The molecule has 1 N–H and O–H groups in total. The van der Waals surface area contributed by atoms with Crippen LogP contribution in [0.1, 0.15) is 15.6 Å². The van der Waals surface area contributed by atoms with Gasteiger partial charge >= 0.3 is 0 Å². The molecule has 2 heterocycles. The van der Waals surface area contributed by atoms with Crippen molar-refractivity contribution in [1.82, 2.24) is 20.4 Å². The van der Waals surface area contributed by atoms with Crippen LogP contribution in [0.25, 0.3) is 11.3 Å². The second-order valence-corrected chi connectivity index (χ2v) is 7.49. The number of rotatable bonds is 5. The monoisotopic (exact) mass is 517 g/mol. The summed E-state index contributed by atoms with van der Waals surface area (Å²) in [6.07, 6.45) is 1.57. The molecule has 0 aliphatic carbocycles. The van der Waals surface area contributed by atoms with E-state index in [9.17, 15) is 0 Å². The van der Waals surface area contributed by atoms with E-state index in [1.54, 1.807) is 24.6 Å². The maximum Gasteiger partial charge on any atom is 0.194 e. The molecule has 0 radical (unpaired) electrons. The number of nitrogens with one attached hydrogen (secondary N) is 1. The van der Waals surface area contributed by atoms with Crippen LogP contribution in [0.4, 0.5) is 0 Å². The summed E-state index contributed by atoms with van der Waals surface area (Å²) in [4.78, 5) is 12.2. The lowest BCUT2D eigenvalue weighted by atomic mass is 10.1. The number of halogens is 2. The van der Waals surface area contributed by atoms with E-state index in [0.29, 0.717) is 13.1 Å². The Morgan fingerprint density at radius 1 is 1.30 bits per heavy atom. The van der Waals surface area contributed by atoms with Crippen molar-refractivity contribution in [3.8, 4) is 11.3 Å². The molecule has 2 aromatic heterocycles. The van der Waals surface area contributed by atoms with E-state index < -0.39 is 0 Å². The number of aromatic nitrogens is 2. The van der Waals surface area contributed by atoms with Crippen molar-refractivity contribution in [2.24, 2.45) is 4.99 Å². The Morgan fingerprint density at radius 2 is 2.04 bits per heavy atom. The van der Waals surface area contributed by atoms with Crippen molar-refractivity contribution in [3.05, 3.63) is 57.2 Å². The van der Waals surface area contributed by atoms with Crippen LogP contribution in [0.15, 0.2) is 46.1 Å². The lowest BCUT2D eigenvalue weighted by molar-refractivity contribution is 0.391. The Labute approximate surface area is 184 Å². The van der Waals surface area contributed by atoms with Crippen LogP contribution in [-0.2, 0) is 13.1 Å². The molecule has 0 unspecified atom stereocenters. The second kappa shape index (κ2) is 10.0. The van der Waals surface area contributed by atoms with Gasteiger partial charge in [0, 0.05) is 35.6 Å².